The van der Waals surface area contributed by atoms with Crippen LogP contribution in [0.25, 0.3) is 0 Å². The van der Waals surface area contributed by atoms with Gasteiger partial charge in [-0.15, -0.1) is 6.58 Å². The molecule has 0 radical (unpaired) electrons. The monoisotopic (exact) mass is 247 g/mol. The van der Waals surface area contributed by atoms with E-state index in [2.05, 4.69) is 6.58 Å². The van der Waals surface area contributed by atoms with Gasteiger partial charge in [0.15, 0.2) is 0 Å². The molecule has 96 valence electrons. The van der Waals surface area contributed by atoms with E-state index in [4.69, 9.17) is 4.74 Å². The number of rotatable bonds is 3. The zero-order valence-corrected chi connectivity index (χ0v) is 10.2. The summed E-state index contributed by atoms with van der Waals surface area (Å²) in [6.07, 6.45) is 0.754. The summed E-state index contributed by atoms with van der Waals surface area (Å²) < 4.78 is 5.19. The van der Waals surface area contributed by atoms with Gasteiger partial charge in [0, 0.05) is 12.5 Å². The third-order valence-electron chi connectivity index (χ3n) is 3.10. The van der Waals surface area contributed by atoms with Gasteiger partial charge in [0.05, 0.1) is 12.6 Å². The molecule has 1 N–H and O–H groups in total. The number of carbonyl (C=O) groups excluding carboxylic acids is 1. The van der Waals surface area contributed by atoms with Crippen LogP contribution < -0.4 is 0 Å². The summed E-state index contributed by atoms with van der Waals surface area (Å²) in [5.41, 5.74) is 0.950. The van der Waals surface area contributed by atoms with Crippen molar-refractivity contribution in [2.45, 2.75) is 12.7 Å². The Morgan fingerprint density at radius 1 is 1.44 bits per heavy atom. The number of hydrogen-bond acceptors (Lipinski definition) is 3. The second-order valence-corrected chi connectivity index (χ2v) is 4.41. The van der Waals surface area contributed by atoms with E-state index in [0.717, 1.165) is 5.56 Å². The highest BCUT2D eigenvalue weighted by molar-refractivity contribution is 5.68. The molecule has 1 aliphatic heterocycles. The topological polar surface area (TPSA) is 49.8 Å². The summed E-state index contributed by atoms with van der Waals surface area (Å²) >= 11 is 0. The molecule has 0 aliphatic carbocycles. The number of nitrogens with zero attached hydrogens (tertiary/aromatic N) is 1. The van der Waals surface area contributed by atoms with Gasteiger partial charge in [-0.1, -0.05) is 36.4 Å². The Balaban J connectivity index is 1.84. The number of amides is 1. The van der Waals surface area contributed by atoms with Gasteiger partial charge in [-0.3, -0.25) is 0 Å². The maximum atomic E-state index is 11.8. The van der Waals surface area contributed by atoms with E-state index in [-0.39, 0.29) is 18.6 Å². The Bertz CT molecular complexity index is 418. The molecule has 0 spiro atoms. The summed E-state index contributed by atoms with van der Waals surface area (Å²) in [4.78, 5) is 13.3. The second-order valence-electron chi connectivity index (χ2n) is 4.41. The molecule has 0 bridgehead atoms. The smallest absolute Gasteiger partial charge is 0.410 e. The molecule has 1 aromatic rings. The van der Waals surface area contributed by atoms with Crippen molar-refractivity contribution in [2.75, 3.05) is 13.1 Å². The van der Waals surface area contributed by atoms with Crippen LogP contribution in [0.4, 0.5) is 4.79 Å². The lowest BCUT2D eigenvalue weighted by molar-refractivity contribution is 0.0969. The number of hydrogen-bond donors (Lipinski definition) is 1. The summed E-state index contributed by atoms with van der Waals surface area (Å²) in [6, 6.07) is 9.52. The number of aliphatic hydroxyl groups is 1. The zero-order valence-electron chi connectivity index (χ0n) is 10.2. The molecule has 1 aliphatic rings. The molecule has 0 aromatic heterocycles. The normalized spacial score (nSPS) is 22.8. The largest absolute Gasteiger partial charge is 0.445 e. The van der Waals surface area contributed by atoms with Crippen LogP contribution in [0.15, 0.2) is 43.0 Å². The van der Waals surface area contributed by atoms with E-state index in [0.29, 0.717) is 13.1 Å². The third kappa shape index (κ3) is 2.90. The number of carbonyl (C=O) groups is 1. The van der Waals surface area contributed by atoms with Crippen molar-refractivity contribution in [2.24, 2.45) is 5.92 Å². The fourth-order valence-electron chi connectivity index (χ4n) is 2.00. The Morgan fingerprint density at radius 3 is 2.78 bits per heavy atom. The summed E-state index contributed by atoms with van der Waals surface area (Å²) in [6.45, 7) is 4.68. The average Bonchev–Trinajstić information content (AvgIpc) is 2.78. The summed E-state index contributed by atoms with van der Waals surface area (Å²) in [7, 11) is 0. The number of β-amino-alcohol motifs (C(OH)–C–C–N with tert-alkyl or cyclic N) is 1. The van der Waals surface area contributed by atoms with Crippen molar-refractivity contribution in [3.05, 3.63) is 48.6 Å². The quantitative estimate of drug-likeness (QED) is 0.829. The van der Waals surface area contributed by atoms with Gasteiger partial charge in [-0.05, 0) is 5.56 Å². The van der Waals surface area contributed by atoms with Crippen molar-refractivity contribution in [3.8, 4) is 0 Å². The van der Waals surface area contributed by atoms with E-state index >= 15 is 0 Å². The van der Waals surface area contributed by atoms with E-state index in [1.165, 1.54) is 4.90 Å². The molecular weight excluding hydrogens is 230 g/mol. The molecule has 1 saturated heterocycles. The van der Waals surface area contributed by atoms with Gasteiger partial charge in [-0.2, -0.15) is 0 Å². The highest BCUT2D eigenvalue weighted by Crippen LogP contribution is 2.18. The van der Waals surface area contributed by atoms with Gasteiger partial charge < -0.3 is 14.7 Å². The number of likely N-dealkylation sites (tertiary alicyclic amines) is 1. The third-order valence-corrected chi connectivity index (χ3v) is 3.10. The van der Waals surface area contributed by atoms with Crippen molar-refractivity contribution >= 4 is 6.09 Å². The van der Waals surface area contributed by atoms with Crippen molar-refractivity contribution in [1.29, 1.82) is 0 Å². The van der Waals surface area contributed by atoms with Crippen molar-refractivity contribution < 1.29 is 14.6 Å². The number of aliphatic hydroxyl groups excluding tert-OH is 1. The van der Waals surface area contributed by atoms with E-state index in [1.807, 2.05) is 30.3 Å². The van der Waals surface area contributed by atoms with Crippen LogP contribution >= 0.6 is 0 Å². The molecule has 4 heteroatoms. The molecule has 1 heterocycles. The molecule has 18 heavy (non-hydrogen) atoms. The van der Waals surface area contributed by atoms with Crippen LogP contribution in [-0.4, -0.2) is 35.3 Å². The second kappa shape index (κ2) is 5.69. The Morgan fingerprint density at radius 2 is 2.17 bits per heavy atom. The molecular formula is C14H17NO3. The van der Waals surface area contributed by atoms with Gasteiger partial charge in [0.2, 0.25) is 0 Å². The first-order chi connectivity index (χ1) is 8.70. The lowest BCUT2D eigenvalue weighted by Crippen LogP contribution is -2.30. The van der Waals surface area contributed by atoms with Crippen LogP contribution in [-0.2, 0) is 11.3 Å². The van der Waals surface area contributed by atoms with Gasteiger partial charge in [0.1, 0.15) is 6.61 Å². The maximum absolute atomic E-state index is 11.8. The van der Waals surface area contributed by atoms with Crippen molar-refractivity contribution in [1.82, 2.24) is 4.90 Å². The first-order valence-electron chi connectivity index (χ1n) is 5.97. The Hall–Kier alpha value is -1.81. The molecule has 2 atom stereocenters. The SMILES string of the molecule is C=C[C@@H]1CN(C(=O)OCc2ccccc2)CC1O. The number of benzene rings is 1. The Kier molecular flexibility index (Phi) is 3.99. The van der Waals surface area contributed by atoms with Crippen LogP contribution in [0.2, 0.25) is 0 Å². The zero-order chi connectivity index (χ0) is 13.0. The standard InChI is InChI=1S/C14H17NO3/c1-2-12-8-15(9-13(12)16)14(17)18-10-11-6-4-3-5-7-11/h2-7,12-13,16H,1,8-10H2/t12-,13?/m1/s1. The van der Waals surface area contributed by atoms with E-state index < -0.39 is 6.10 Å². The first-order valence-corrected chi connectivity index (χ1v) is 5.97. The fraction of sp³-hybridized carbons (Fsp3) is 0.357. The molecule has 2 rings (SSSR count). The van der Waals surface area contributed by atoms with Gasteiger partial charge >= 0.3 is 6.09 Å². The highest BCUT2D eigenvalue weighted by Gasteiger charge is 2.32. The van der Waals surface area contributed by atoms with Gasteiger partial charge in [-0.25, -0.2) is 4.79 Å². The number of ether oxygens (including phenoxy) is 1. The lowest BCUT2D eigenvalue weighted by atomic mass is 10.1. The van der Waals surface area contributed by atoms with Crippen LogP contribution in [0.1, 0.15) is 5.56 Å². The first kappa shape index (κ1) is 12.6. The highest BCUT2D eigenvalue weighted by atomic mass is 16.6. The summed E-state index contributed by atoms with van der Waals surface area (Å²) in [5.74, 6) is -0.0609. The Labute approximate surface area is 106 Å². The molecule has 1 amide bonds. The summed E-state index contributed by atoms with van der Waals surface area (Å²) in [5, 5.41) is 9.67. The molecule has 0 saturated carbocycles. The average molecular weight is 247 g/mol. The molecule has 1 unspecified atom stereocenters. The molecule has 1 aromatic carbocycles. The van der Waals surface area contributed by atoms with Crippen LogP contribution in [0, 0.1) is 5.92 Å². The minimum absolute atomic E-state index is 0.0609. The fourth-order valence-corrected chi connectivity index (χ4v) is 2.00. The minimum Gasteiger partial charge on any atom is -0.445 e. The maximum Gasteiger partial charge on any atom is 0.410 e. The van der Waals surface area contributed by atoms with Crippen molar-refractivity contribution in [3.63, 3.8) is 0 Å². The van der Waals surface area contributed by atoms with Crippen LogP contribution in [0.3, 0.4) is 0 Å². The van der Waals surface area contributed by atoms with Gasteiger partial charge in [0.25, 0.3) is 0 Å². The lowest BCUT2D eigenvalue weighted by Gasteiger charge is -2.15. The van der Waals surface area contributed by atoms with E-state index in [1.54, 1.807) is 6.08 Å². The predicted octanol–water partition coefficient (Wildman–Crippen LogP) is 1.80. The molecule has 1 fully saturated rings. The van der Waals surface area contributed by atoms with E-state index in [9.17, 15) is 9.90 Å². The predicted molar refractivity (Wildman–Crippen MR) is 67.9 cm³/mol. The van der Waals surface area contributed by atoms with Crippen LogP contribution in [0.5, 0.6) is 0 Å². The molecule has 4 nitrogen and oxygen atoms in total. The minimum atomic E-state index is -0.535.